The van der Waals surface area contributed by atoms with E-state index < -0.39 is 18.1 Å². The number of allylic oxidation sites excluding steroid dienone is 6. The van der Waals surface area contributed by atoms with E-state index in [0.29, 0.717) is 12.8 Å². The molecule has 0 rings (SSSR count). The maximum atomic E-state index is 12.7. The zero-order chi connectivity index (χ0) is 37.1. The van der Waals surface area contributed by atoms with E-state index in [9.17, 15) is 19.5 Å². The first kappa shape index (κ1) is 47.5. The molecule has 0 N–H and O–H groups in total. The van der Waals surface area contributed by atoms with Crippen molar-refractivity contribution in [3.63, 3.8) is 0 Å². The van der Waals surface area contributed by atoms with Gasteiger partial charge in [-0.2, -0.15) is 0 Å². The van der Waals surface area contributed by atoms with Crippen LogP contribution in [0.3, 0.4) is 0 Å². The number of carbonyl (C=O) groups is 3. The maximum absolute atomic E-state index is 12.7. The average molecular weight is 706 g/mol. The lowest BCUT2D eigenvalue weighted by Crippen LogP contribution is -2.55. The molecule has 50 heavy (non-hydrogen) atoms. The highest BCUT2D eigenvalue weighted by Gasteiger charge is 2.25. The number of nitrogens with zero attached hydrogens (tertiary/aromatic N) is 1. The van der Waals surface area contributed by atoms with Crippen LogP contribution in [0.1, 0.15) is 162 Å². The molecule has 0 saturated heterocycles. The third-order valence-electron chi connectivity index (χ3n) is 8.78. The van der Waals surface area contributed by atoms with E-state index in [1.165, 1.54) is 57.8 Å². The summed E-state index contributed by atoms with van der Waals surface area (Å²) in [6, 6.07) is -0.727. The molecule has 0 spiro atoms. The number of ether oxygens (including phenoxy) is 3. The summed E-state index contributed by atoms with van der Waals surface area (Å²) < 4.78 is 17.1. The second-order valence-corrected chi connectivity index (χ2v) is 14.5. The van der Waals surface area contributed by atoms with Crippen LogP contribution in [-0.2, 0) is 28.6 Å². The number of aliphatic carboxylic acids is 1. The van der Waals surface area contributed by atoms with Gasteiger partial charge in [-0.3, -0.25) is 9.59 Å². The molecule has 2 atom stereocenters. The number of likely N-dealkylation sites (N-methyl/N-ethyl adjacent to an activating group) is 1. The number of carboxylic acids is 1. The lowest BCUT2D eigenvalue weighted by atomic mass is 10.1. The lowest BCUT2D eigenvalue weighted by molar-refractivity contribution is -0.889. The summed E-state index contributed by atoms with van der Waals surface area (Å²) in [6.45, 7) is 4.56. The van der Waals surface area contributed by atoms with Crippen molar-refractivity contribution >= 4 is 17.9 Å². The number of hydrogen-bond donors (Lipinski definition) is 0. The van der Waals surface area contributed by atoms with Crippen LogP contribution >= 0.6 is 0 Å². The number of unbranched alkanes of at least 4 members (excludes halogenated alkanes) is 16. The number of esters is 2. The molecule has 8 nitrogen and oxygen atoms in total. The van der Waals surface area contributed by atoms with E-state index in [1.807, 2.05) is 0 Å². The topological polar surface area (TPSA) is 102 Å². The molecule has 290 valence electrons. The minimum absolute atomic E-state index is 0.0336. The molecule has 0 aliphatic heterocycles. The third-order valence-corrected chi connectivity index (χ3v) is 8.78. The Balaban J connectivity index is 4.43. The molecular formula is C42H75NO7. The first-order valence-electron chi connectivity index (χ1n) is 20.0. The Morgan fingerprint density at radius 1 is 0.600 bits per heavy atom. The highest BCUT2D eigenvalue weighted by atomic mass is 16.6. The Kier molecular flexibility index (Phi) is 32.0. The Hall–Kier alpha value is -2.45. The summed E-state index contributed by atoms with van der Waals surface area (Å²) in [4.78, 5) is 36.7. The van der Waals surface area contributed by atoms with E-state index in [4.69, 9.17) is 14.2 Å². The monoisotopic (exact) mass is 706 g/mol. The molecule has 0 heterocycles. The maximum Gasteiger partial charge on any atom is 0.306 e. The lowest BCUT2D eigenvalue weighted by Gasteiger charge is -2.34. The molecule has 0 aromatic heterocycles. The van der Waals surface area contributed by atoms with Crippen LogP contribution in [0.2, 0.25) is 0 Å². The minimum atomic E-state index is -1.13. The van der Waals surface area contributed by atoms with Crippen molar-refractivity contribution in [3.05, 3.63) is 36.5 Å². The number of quaternary nitrogens is 1. The van der Waals surface area contributed by atoms with E-state index >= 15 is 0 Å². The van der Waals surface area contributed by atoms with Crippen LogP contribution in [0.4, 0.5) is 0 Å². The Morgan fingerprint density at radius 3 is 1.62 bits per heavy atom. The largest absolute Gasteiger partial charge is 0.544 e. The van der Waals surface area contributed by atoms with E-state index in [2.05, 4.69) is 50.3 Å². The summed E-state index contributed by atoms with van der Waals surface area (Å²) in [5.41, 5.74) is 0. The molecule has 0 aromatic carbocycles. The van der Waals surface area contributed by atoms with E-state index in [-0.39, 0.29) is 42.7 Å². The summed E-state index contributed by atoms with van der Waals surface area (Å²) in [5.74, 6) is -1.77. The van der Waals surface area contributed by atoms with Gasteiger partial charge in [-0.1, -0.05) is 121 Å². The molecule has 8 heteroatoms. The summed E-state index contributed by atoms with van der Waals surface area (Å²) in [7, 11) is 5.39. The van der Waals surface area contributed by atoms with Gasteiger partial charge in [0, 0.05) is 19.3 Å². The SMILES string of the molecule is CCCC/C=C/CCCCCCCC(=O)OCC(COCCC(C(=O)[O-])[N+](C)(C)C)OC(=O)CCCCCCCC/C=C/C=C/CCCCC. The number of rotatable bonds is 35. The average Bonchev–Trinajstić information content (AvgIpc) is 3.06. The van der Waals surface area contributed by atoms with Crippen LogP contribution in [0.5, 0.6) is 0 Å². The standard InChI is InChI=1S/C42H75NO7/c1-6-8-10-12-14-16-18-19-20-21-23-25-27-29-31-33-41(45)50-38(36-48-35-34-39(42(46)47)43(3,4)5)37-49-40(44)32-30-28-26-24-22-17-15-13-11-9-7-2/h13-16,18-19,38-39H,6-12,17,20-37H2,1-5H3/b15-13+,16-14+,19-18+. The van der Waals surface area contributed by atoms with Crippen molar-refractivity contribution in [2.75, 3.05) is 41.0 Å². The van der Waals surface area contributed by atoms with Crippen molar-refractivity contribution in [1.82, 2.24) is 0 Å². The highest BCUT2D eigenvalue weighted by Crippen LogP contribution is 2.13. The Labute approximate surface area is 306 Å². The number of carbonyl (C=O) groups excluding carboxylic acids is 3. The molecule has 0 aromatic rings. The molecule has 0 aliphatic rings. The van der Waals surface area contributed by atoms with Gasteiger partial charge < -0.3 is 28.6 Å². The first-order chi connectivity index (χ1) is 24.1. The fourth-order valence-corrected chi connectivity index (χ4v) is 5.57. The van der Waals surface area contributed by atoms with Crippen LogP contribution in [0.15, 0.2) is 36.5 Å². The highest BCUT2D eigenvalue weighted by molar-refractivity contribution is 5.70. The molecule has 0 amide bonds. The van der Waals surface area contributed by atoms with E-state index in [1.54, 1.807) is 21.1 Å². The van der Waals surface area contributed by atoms with Crippen LogP contribution in [0, 0.1) is 0 Å². The fourth-order valence-electron chi connectivity index (χ4n) is 5.57. The molecule has 0 saturated carbocycles. The zero-order valence-corrected chi connectivity index (χ0v) is 32.8. The van der Waals surface area contributed by atoms with Gasteiger partial charge >= 0.3 is 11.9 Å². The van der Waals surface area contributed by atoms with Gasteiger partial charge in [-0.05, 0) is 57.8 Å². The number of hydrogen-bond acceptors (Lipinski definition) is 7. The fraction of sp³-hybridized carbons (Fsp3) is 0.786. The molecule has 2 unspecified atom stereocenters. The second kappa shape index (κ2) is 33.7. The summed E-state index contributed by atoms with van der Waals surface area (Å²) in [6.07, 6.45) is 35.9. The van der Waals surface area contributed by atoms with Gasteiger partial charge in [-0.15, -0.1) is 0 Å². The molecular weight excluding hydrogens is 630 g/mol. The molecule has 0 fully saturated rings. The first-order valence-corrected chi connectivity index (χ1v) is 20.0. The Morgan fingerprint density at radius 2 is 1.08 bits per heavy atom. The minimum Gasteiger partial charge on any atom is -0.544 e. The quantitative estimate of drug-likeness (QED) is 0.0213. The number of carboxylic acid groups (broad SMARTS) is 1. The second-order valence-electron chi connectivity index (χ2n) is 14.5. The van der Waals surface area contributed by atoms with Gasteiger partial charge in [0.25, 0.3) is 0 Å². The summed E-state index contributed by atoms with van der Waals surface area (Å²) >= 11 is 0. The van der Waals surface area contributed by atoms with E-state index in [0.717, 1.165) is 70.6 Å². The Bertz CT molecular complexity index is 922. The van der Waals surface area contributed by atoms with Gasteiger partial charge in [0.2, 0.25) is 0 Å². The van der Waals surface area contributed by atoms with Crippen molar-refractivity contribution in [2.45, 2.75) is 174 Å². The molecule has 0 radical (unpaired) electrons. The van der Waals surface area contributed by atoms with Crippen LogP contribution in [0.25, 0.3) is 0 Å². The van der Waals surface area contributed by atoms with Crippen LogP contribution in [-0.4, -0.2) is 75.5 Å². The predicted molar refractivity (Wildman–Crippen MR) is 203 cm³/mol. The molecule has 0 aliphatic carbocycles. The third kappa shape index (κ3) is 31.5. The normalized spacial score (nSPS) is 13.4. The molecule has 0 bridgehead atoms. The van der Waals surface area contributed by atoms with Gasteiger partial charge in [-0.25, -0.2) is 0 Å². The van der Waals surface area contributed by atoms with Gasteiger partial charge in [0.15, 0.2) is 6.10 Å². The van der Waals surface area contributed by atoms with Gasteiger partial charge in [0.1, 0.15) is 12.6 Å². The van der Waals surface area contributed by atoms with Gasteiger partial charge in [0.05, 0.1) is 40.3 Å². The van der Waals surface area contributed by atoms with Crippen LogP contribution < -0.4 is 5.11 Å². The summed E-state index contributed by atoms with van der Waals surface area (Å²) in [5, 5.41) is 11.6. The predicted octanol–water partition coefficient (Wildman–Crippen LogP) is 8.96. The van der Waals surface area contributed by atoms with Crippen molar-refractivity contribution in [1.29, 1.82) is 0 Å². The van der Waals surface area contributed by atoms with Crippen molar-refractivity contribution in [3.8, 4) is 0 Å². The van der Waals surface area contributed by atoms with Crippen molar-refractivity contribution < 1.29 is 38.2 Å². The smallest absolute Gasteiger partial charge is 0.306 e. The zero-order valence-electron chi connectivity index (χ0n) is 32.8. The van der Waals surface area contributed by atoms with Crippen molar-refractivity contribution in [2.24, 2.45) is 0 Å².